The van der Waals surface area contributed by atoms with E-state index < -0.39 is 17.7 Å². The van der Waals surface area contributed by atoms with Gasteiger partial charge < -0.3 is 14.6 Å². The van der Waals surface area contributed by atoms with Crippen LogP contribution in [0.1, 0.15) is 24.4 Å². The highest BCUT2D eigenvalue weighted by atomic mass is 19.1. The van der Waals surface area contributed by atoms with Crippen molar-refractivity contribution in [2.24, 2.45) is 0 Å². The van der Waals surface area contributed by atoms with E-state index in [-0.39, 0.29) is 30.0 Å². The number of carbonyl (C=O) groups is 1. The molecular formula is C23H20F2N4O3. The number of benzene rings is 2. The topological polar surface area (TPSA) is 80.5 Å². The van der Waals surface area contributed by atoms with Crippen LogP contribution < -0.4 is 10.1 Å². The number of ether oxygens (including phenoxy) is 1. The first-order valence-electron chi connectivity index (χ1n) is 9.76. The van der Waals surface area contributed by atoms with E-state index in [2.05, 4.69) is 22.0 Å². The SMILES string of the molecule is C=CCN1C(=O)NC(c2cccc(F)c2)C(c2nc(-c3ccc(OC)c(F)c3)no2)=C1C. The van der Waals surface area contributed by atoms with Gasteiger partial charge in [0.2, 0.25) is 5.82 Å². The van der Waals surface area contributed by atoms with Crippen molar-refractivity contribution in [1.82, 2.24) is 20.4 Å². The zero-order valence-corrected chi connectivity index (χ0v) is 17.4. The smallest absolute Gasteiger partial charge is 0.322 e. The van der Waals surface area contributed by atoms with Crippen LogP contribution in [0.2, 0.25) is 0 Å². The third kappa shape index (κ3) is 3.84. The van der Waals surface area contributed by atoms with Gasteiger partial charge >= 0.3 is 6.03 Å². The standard InChI is InChI=1S/C23H20F2N4O3/c1-4-10-29-13(2)19(20(26-23(29)30)14-6-5-7-16(24)11-14)22-27-21(28-32-22)15-8-9-18(31-3)17(25)12-15/h4-9,11-12,20H,1,10H2,2-3H3,(H,26,30). The van der Waals surface area contributed by atoms with Crippen LogP contribution in [0.4, 0.5) is 13.6 Å². The van der Waals surface area contributed by atoms with Gasteiger partial charge in [-0.2, -0.15) is 4.98 Å². The first-order valence-corrected chi connectivity index (χ1v) is 9.76. The van der Waals surface area contributed by atoms with Crippen molar-refractivity contribution < 1.29 is 22.8 Å². The van der Waals surface area contributed by atoms with Gasteiger partial charge in [0.25, 0.3) is 5.89 Å². The van der Waals surface area contributed by atoms with E-state index in [1.807, 2.05) is 0 Å². The number of methoxy groups -OCH3 is 1. The molecule has 1 atom stereocenters. The van der Waals surface area contributed by atoms with Crippen LogP contribution in [-0.2, 0) is 0 Å². The maximum atomic E-state index is 14.1. The van der Waals surface area contributed by atoms with E-state index in [0.717, 1.165) is 0 Å². The largest absolute Gasteiger partial charge is 0.494 e. The van der Waals surface area contributed by atoms with Gasteiger partial charge in [-0.1, -0.05) is 23.4 Å². The van der Waals surface area contributed by atoms with Crippen LogP contribution in [0.15, 0.2) is 65.3 Å². The van der Waals surface area contributed by atoms with Gasteiger partial charge in [-0.15, -0.1) is 6.58 Å². The minimum absolute atomic E-state index is 0.0947. The molecule has 9 heteroatoms. The zero-order valence-electron chi connectivity index (χ0n) is 17.4. The summed E-state index contributed by atoms with van der Waals surface area (Å²) in [6.07, 6.45) is 1.59. The molecule has 0 radical (unpaired) electrons. The fraction of sp³-hybridized carbons (Fsp3) is 0.174. The molecule has 0 saturated carbocycles. The second kappa shape index (κ2) is 8.62. The predicted octanol–water partition coefficient (Wildman–Crippen LogP) is 4.71. The van der Waals surface area contributed by atoms with Crippen LogP contribution in [0, 0.1) is 11.6 Å². The molecule has 0 fully saturated rings. The summed E-state index contributed by atoms with van der Waals surface area (Å²) in [5, 5.41) is 6.83. The molecule has 0 aliphatic carbocycles. The molecule has 7 nitrogen and oxygen atoms in total. The van der Waals surface area contributed by atoms with Gasteiger partial charge in [-0.25, -0.2) is 13.6 Å². The highest BCUT2D eigenvalue weighted by Gasteiger charge is 2.35. The van der Waals surface area contributed by atoms with Crippen molar-refractivity contribution in [2.75, 3.05) is 13.7 Å². The second-order valence-electron chi connectivity index (χ2n) is 7.11. The number of amides is 2. The van der Waals surface area contributed by atoms with Crippen LogP contribution in [0.3, 0.4) is 0 Å². The molecule has 0 saturated heterocycles. The van der Waals surface area contributed by atoms with E-state index >= 15 is 0 Å². The molecule has 4 rings (SSSR count). The lowest BCUT2D eigenvalue weighted by atomic mass is 9.94. The number of hydrogen-bond donors (Lipinski definition) is 1. The number of hydrogen-bond acceptors (Lipinski definition) is 5. The molecule has 32 heavy (non-hydrogen) atoms. The minimum Gasteiger partial charge on any atom is -0.494 e. The Morgan fingerprint density at radius 3 is 2.78 bits per heavy atom. The number of halogens is 2. The Morgan fingerprint density at radius 2 is 2.09 bits per heavy atom. The zero-order chi connectivity index (χ0) is 22.8. The summed E-state index contributed by atoms with van der Waals surface area (Å²) in [5.41, 5.74) is 1.96. The van der Waals surface area contributed by atoms with Gasteiger partial charge in [0.1, 0.15) is 5.82 Å². The number of rotatable bonds is 6. The highest BCUT2D eigenvalue weighted by molar-refractivity contribution is 5.87. The lowest BCUT2D eigenvalue weighted by Crippen LogP contribution is -2.46. The van der Waals surface area contributed by atoms with Gasteiger partial charge in [0.05, 0.1) is 18.7 Å². The fourth-order valence-electron chi connectivity index (χ4n) is 3.60. The average Bonchev–Trinajstić information content (AvgIpc) is 3.26. The van der Waals surface area contributed by atoms with E-state index in [0.29, 0.717) is 22.4 Å². The molecule has 1 aliphatic rings. The minimum atomic E-state index is -0.722. The van der Waals surface area contributed by atoms with E-state index in [1.54, 1.807) is 31.2 Å². The number of nitrogens with zero attached hydrogens (tertiary/aromatic N) is 3. The Morgan fingerprint density at radius 1 is 1.28 bits per heavy atom. The van der Waals surface area contributed by atoms with E-state index in [1.165, 1.54) is 36.3 Å². The third-order valence-electron chi connectivity index (χ3n) is 5.16. The van der Waals surface area contributed by atoms with Crippen LogP contribution >= 0.6 is 0 Å². The van der Waals surface area contributed by atoms with Crippen molar-refractivity contribution in [3.8, 4) is 17.1 Å². The van der Waals surface area contributed by atoms with Crippen molar-refractivity contribution >= 4 is 11.6 Å². The Bertz CT molecular complexity index is 1220. The molecule has 164 valence electrons. The second-order valence-corrected chi connectivity index (χ2v) is 7.11. The number of aromatic nitrogens is 2. The van der Waals surface area contributed by atoms with Gasteiger partial charge in [-0.05, 0) is 42.8 Å². The summed E-state index contributed by atoms with van der Waals surface area (Å²) in [4.78, 5) is 18.6. The van der Waals surface area contributed by atoms with Crippen LogP contribution in [-0.4, -0.2) is 34.7 Å². The maximum absolute atomic E-state index is 14.1. The van der Waals surface area contributed by atoms with Crippen LogP contribution in [0.25, 0.3) is 17.0 Å². The van der Waals surface area contributed by atoms with E-state index in [9.17, 15) is 13.6 Å². The van der Waals surface area contributed by atoms with Crippen molar-refractivity contribution in [1.29, 1.82) is 0 Å². The molecule has 1 aliphatic heterocycles. The Hall–Kier alpha value is -4.01. The molecular weight excluding hydrogens is 418 g/mol. The Labute approximate surface area is 183 Å². The molecule has 0 spiro atoms. The number of urea groups is 1. The summed E-state index contributed by atoms with van der Waals surface area (Å²) >= 11 is 0. The Kier molecular flexibility index (Phi) is 5.72. The van der Waals surface area contributed by atoms with Crippen molar-refractivity contribution in [3.05, 3.63) is 83.9 Å². The number of allylic oxidation sites excluding steroid dienone is 1. The Balaban J connectivity index is 1.81. The molecule has 2 aromatic carbocycles. The lowest BCUT2D eigenvalue weighted by molar-refractivity contribution is 0.209. The van der Waals surface area contributed by atoms with Gasteiger partial charge in [-0.3, -0.25) is 4.90 Å². The molecule has 1 aromatic heterocycles. The normalized spacial score (nSPS) is 16.2. The lowest BCUT2D eigenvalue weighted by Gasteiger charge is -2.34. The summed E-state index contributed by atoms with van der Waals surface area (Å²) in [7, 11) is 1.37. The molecule has 2 amide bonds. The molecule has 2 heterocycles. The quantitative estimate of drug-likeness (QED) is 0.564. The van der Waals surface area contributed by atoms with E-state index in [4.69, 9.17) is 9.26 Å². The first-order chi connectivity index (χ1) is 15.4. The van der Waals surface area contributed by atoms with Gasteiger partial charge in [0, 0.05) is 17.8 Å². The van der Waals surface area contributed by atoms with Gasteiger partial charge in [0.15, 0.2) is 11.6 Å². The summed E-state index contributed by atoms with van der Waals surface area (Å²) in [6, 6.07) is 9.12. The molecule has 0 bridgehead atoms. The third-order valence-corrected chi connectivity index (χ3v) is 5.16. The van der Waals surface area contributed by atoms with Crippen molar-refractivity contribution in [3.63, 3.8) is 0 Å². The molecule has 1 unspecified atom stereocenters. The highest BCUT2D eigenvalue weighted by Crippen LogP contribution is 2.37. The molecule has 1 N–H and O–H groups in total. The number of carbonyl (C=O) groups excluding carboxylic acids is 1. The average molecular weight is 438 g/mol. The maximum Gasteiger partial charge on any atom is 0.322 e. The molecule has 3 aromatic rings. The monoisotopic (exact) mass is 438 g/mol. The number of nitrogens with one attached hydrogen (secondary N) is 1. The van der Waals surface area contributed by atoms with Crippen LogP contribution in [0.5, 0.6) is 5.75 Å². The fourth-order valence-corrected chi connectivity index (χ4v) is 3.60. The summed E-state index contributed by atoms with van der Waals surface area (Å²) in [5.74, 6) is -0.630. The van der Waals surface area contributed by atoms with Crippen molar-refractivity contribution in [2.45, 2.75) is 13.0 Å². The summed E-state index contributed by atoms with van der Waals surface area (Å²) in [6.45, 7) is 5.67. The summed E-state index contributed by atoms with van der Waals surface area (Å²) < 4.78 is 38.5. The first kappa shape index (κ1) is 21.2. The predicted molar refractivity (Wildman–Crippen MR) is 113 cm³/mol.